The van der Waals surface area contributed by atoms with Gasteiger partial charge in [0.1, 0.15) is 18.0 Å². The Balaban J connectivity index is 1.49. The fourth-order valence-corrected chi connectivity index (χ4v) is 3.03. The molecule has 1 amide bonds. The normalized spacial score (nSPS) is 10.6. The molecule has 7 heteroatoms. The van der Waals surface area contributed by atoms with E-state index in [4.69, 9.17) is 9.47 Å². The van der Waals surface area contributed by atoms with E-state index in [1.165, 1.54) is 7.11 Å². The van der Waals surface area contributed by atoms with E-state index in [1.807, 2.05) is 35.0 Å². The van der Waals surface area contributed by atoms with E-state index in [0.717, 1.165) is 11.3 Å². The standard InChI is InChI=1S/C23H19N3O4/c1-29-23(28)16-7-6-8-17(13-16)25-22(27)19-9-2-3-10-20(19)30-15-18-14-26-12-5-4-11-21(26)24-18/h2-14H,15H2,1H3,(H,25,27). The number of pyridine rings is 1. The third kappa shape index (κ3) is 4.15. The SMILES string of the molecule is COC(=O)c1cccc(NC(=O)c2ccccc2OCc2cn3ccccc3n2)c1. The Hall–Kier alpha value is -4.13. The lowest BCUT2D eigenvalue weighted by Crippen LogP contribution is -2.14. The van der Waals surface area contributed by atoms with Crippen molar-refractivity contribution in [2.75, 3.05) is 12.4 Å². The zero-order valence-electron chi connectivity index (χ0n) is 16.2. The molecule has 0 aliphatic carbocycles. The van der Waals surface area contributed by atoms with Crippen LogP contribution in [0.5, 0.6) is 5.75 Å². The van der Waals surface area contributed by atoms with Crippen molar-refractivity contribution < 1.29 is 19.1 Å². The van der Waals surface area contributed by atoms with Gasteiger partial charge in [0.25, 0.3) is 5.91 Å². The van der Waals surface area contributed by atoms with Gasteiger partial charge in [-0.25, -0.2) is 9.78 Å². The Morgan fingerprint density at radius 3 is 2.70 bits per heavy atom. The zero-order valence-corrected chi connectivity index (χ0v) is 16.2. The summed E-state index contributed by atoms with van der Waals surface area (Å²) in [4.78, 5) is 29.0. The van der Waals surface area contributed by atoms with Gasteiger partial charge in [0.05, 0.1) is 23.9 Å². The number of ether oxygens (including phenoxy) is 2. The largest absolute Gasteiger partial charge is 0.486 e. The van der Waals surface area contributed by atoms with Crippen molar-refractivity contribution >= 4 is 23.2 Å². The number of hydrogen-bond acceptors (Lipinski definition) is 5. The molecule has 2 heterocycles. The van der Waals surface area contributed by atoms with Crippen LogP contribution in [-0.2, 0) is 11.3 Å². The molecule has 7 nitrogen and oxygen atoms in total. The van der Waals surface area contributed by atoms with Crippen LogP contribution >= 0.6 is 0 Å². The molecule has 0 aliphatic rings. The van der Waals surface area contributed by atoms with Gasteiger partial charge in [0.15, 0.2) is 0 Å². The lowest BCUT2D eigenvalue weighted by atomic mass is 10.1. The topological polar surface area (TPSA) is 81.9 Å². The summed E-state index contributed by atoms with van der Waals surface area (Å²) in [6.07, 6.45) is 3.80. The number of rotatable bonds is 6. The van der Waals surface area contributed by atoms with E-state index in [2.05, 4.69) is 10.3 Å². The lowest BCUT2D eigenvalue weighted by molar-refractivity contribution is 0.0600. The zero-order chi connectivity index (χ0) is 20.9. The summed E-state index contributed by atoms with van der Waals surface area (Å²) < 4.78 is 12.5. The molecule has 0 unspecified atom stereocenters. The van der Waals surface area contributed by atoms with E-state index < -0.39 is 5.97 Å². The van der Waals surface area contributed by atoms with E-state index in [9.17, 15) is 9.59 Å². The summed E-state index contributed by atoms with van der Waals surface area (Å²) in [6, 6.07) is 19.3. The fraction of sp³-hybridized carbons (Fsp3) is 0.0870. The van der Waals surface area contributed by atoms with E-state index in [0.29, 0.717) is 22.6 Å². The summed E-state index contributed by atoms with van der Waals surface area (Å²) in [5.74, 6) is -0.374. The number of imidazole rings is 1. The number of hydrogen-bond donors (Lipinski definition) is 1. The summed E-state index contributed by atoms with van der Waals surface area (Å²) >= 11 is 0. The summed E-state index contributed by atoms with van der Waals surface area (Å²) in [7, 11) is 1.31. The van der Waals surface area contributed by atoms with Crippen molar-refractivity contribution in [3.8, 4) is 5.75 Å². The van der Waals surface area contributed by atoms with Crippen LogP contribution in [0.15, 0.2) is 79.1 Å². The van der Waals surface area contributed by atoms with E-state index in [-0.39, 0.29) is 12.5 Å². The third-order valence-electron chi connectivity index (χ3n) is 4.46. The average Bonchev–Trinajstić information content (AvgIpc) is 3.20. The summed E-state index contributed by atoms with van der Waals surface area (Å²) in [5.41, 5.74) is 2.80. The molecule has 0 saturated carbocycles. The maximum absolute atomic E-state index is 12.8. The molecule has 0 spiro atoms. The molecule has 2 aromatic carbocycles. The van der Waals surface area contributed by atoms with Crippen LogP contribution in [0.1, 0.15) is 26.4 Å². The van der Waals surface area contributed by atoms with Gasteiger partial charge in [0, 0.05) is 18.1 Å². The first-order valence-corrected chi connectivity index (χ1v) is 9.28. The number of methoxy groups -OCH3 is 1. The number of benzene rings is 2. The molecule has 4 rings (SSSR count). The predicted molar refractivity (Wildman–Crippen MR) is 112 cm³/mol. The van der Waals surface area contributed by atoms with Gasteiger partial charge in [0.2, 0.25) is 0 Å². The number of para-hydroxylation sites is 1. The van der Waals surface area contributed by atoms with Gasteiger partial charge in [-0.2, -0.15) is 0 Å². The van der Waals surface area contributed by atoms with Gasteiger partial charge in [-0.15, -0.1) is 0 Å². The number of carbonyl (C=O) groups excluding carboxylic acids is 2. The molecule has 1 N–H and O–H groups in total. The molecule has 0 radical (unpaired) electrons. The van der Waals surface area contributed by atoms with Gasteiger partial charge < -0.3 is 19.2 Å². The second-order valence-corrected chi connectivity index (χ2v) is 6.51. The van der Waals surface area contributed by atoms with Gasteiger partial charge in [-0.05, 0) is 42.5 Å². The van der Waals surface area contributed by atoms with Crippen LogP contribution < -0.4 is 10.1 Å². The highest BCUT2D eigenvalue weighted by atomic mass is 16.5. The Morgan fingerprint density at radius 2 is 1.87 bits per heavy atom. The molecule has 0 aliphatic heterocycles. The van der Waals surface area contributed by atoms with Crippen molar-refractivity contribution in [3.63, 3.8) is 0 Å². The van der Waals surface area contributed by atoms with Crippen molar-refractivity contribution in [1.82, 2.24) is 9.38 Å². The second-order valence-electron chi connectivity index (χ2n) is 6.51. The number of aromatic nitrogens is 2. The number of amides is 1. The predicted octanol–water partition coefficient (Wildman–Crippen LogP) is 3.95. The van der Waals surface area contributed by atoms with Crippen LogP contribution in [-0.4, -0.2) is 28.4 Å². The smallest absolute Gasteiger partial charge is 0.337 e. The highest BCUT2D eigenvalue weighted by molar-refractivity contribution is 6.06. The molecule has 4 aromatic rings. The average molecular weight is 401 g/mol. The van der Waals surface area contributed by atoms with Crippen LogP contribution in [0, 0.1) is 0 Å². The van der Waals surface area contributed by atoms with E-state index in [1.54, 1.807) is 48.5 Å². The number of nitrogens with zero attached hydrogens (tertiary/aromatic N) is 2. The minimum Gasteiger partial charge on any atom is -0.486 e. The third-order valence-corrected chi connectivity index (χ3v) is 4.46. The maximum atomic E-state index is 12.8. The van der Waals surface area contributed by atoms with Crippen LogP contribution in [0.3, 0.4) is 0 Å². The van der Waals surface area contributed by atoms with Gasteiger partial charge >= 0.3 is 5.97 Å². The van der Waals surface area contributed by atoms with Gasteiger partial charge in [-0.1, -0.05) is 24.3 Å². The first-order valence-electron chi connectivity index (χ1n) is 9.28. The van der Waals surface area contributed by atoms with E-state index >= 15 is 0 Å². The van der Waals surface area contributed by atoms with Crippen LogP contribution in [0.25, 0.3) is 5.65 Å². The van der Waals surface area contributed by atoms with Crippen molar-refractivity contribution in [2.45, 2.75) is 6.61 Å². The fourth-order valence-electron chi connectivity index (χ4n) is 3.03. The molecule has 0 bridgehead atoms. The Labute approximate surface area is 172 Å². The number of fused-ring (bicyclic) bond motifs is 1. The van der Waals surface area contributed by atoms with Crippen molar-refractivity contribution in [1.29, 1.82) is 0 Å². The first-order chi connectivity index (χ1) is 14.6. The van der Waals surface area contributed by atoms with Crippen molar-refractivity contribution in [2.24, 2.45) is 0 Å². The molecule has 0 fully saturated rings. The molecule has 2 aromatic heterocycles. The Kier molecular flexibility index (Phi) is 5.43. The quantitative estimate of drug-likeness (QED) is 0.495. The minimum absolute atomic E-state index is 0.226. The Morgan fingerprint density at radius 1 is 1.03 bits per heavy atom. The molecule has 0 atom stereocenters. The maximum Gasteiger partial charge on any atom is 0.337 e. The van der Waals surface area contributed by atoms with Crippen LogP contribution in [0.4, 0.5) is 5.69 Å². The Bertz CT molecular complexity index is 1180. The molecule has 0 saturated heterocycles. The minimum atomic E-state index is -0.470. The highest BCUT2D eigenvalue weighted by Crippen LogP contribution is 2.21. The molecule has 150 valence electrons. The number of nitrogens with one attached hydrogen (secondary N) is 1. The number of esters is 1. The molecular formula is C23H19N3O4. The van der Waals surface area contributed by atoms with Crippen molar-refractivity contribution in [3.05, 3.63) is 95.9 Å². The molecule has 30 heavy (non-hydrogen) atoms. The summed E-state index contributed by atoms with van der Waals surface area (Å²) in [6.45, 7) is 0.226. The molecular weight excluding hydrogens is 382 g/mol. The van der Waals surface area contributed by atoms with Crippen LogP contribution in [0.2, 0.25) is 0 Å². The number of anilines is 1. The second kappa shape index (κ2) is 8.48. The first kappa shape index (κ1) is 19.2. The highest BCUT2D eigenvalue weighted by Gasteiger charge is 2.14. The summed E-state index contributed by atoms with van der Waals surface area (Å²) in [5, 5.41) is 2.79. The monoisotopic (exact) mass is 401 g/mol. The lowest BCUT2D eigenvalue weighted by Gasteiger charge is -2.11. The van der Waals surface area contributed by atoms with Gasteiger partial charge in [-0.3, -0.25) is 4.79 Å². The number of carbonyl (C=O) groups is 2.